The van der Waals surface area contributed by atoms with Crippen LogP contribution >= 0.6 is 0 Å². The lowest BCUT2D eigenvalue weighted by Gasteiger charge is -2.22. The Morgan fingerprint density at radius 1 is 1.47 bits per heavy atom. The van der Waals surface area contributed by atoms with E-state index in [-0.39, 0.29) is 5.91 Å². The molecule has 104 valence electrons. The average Bonchev–Trinajstić information content (AvgIpc) is 3.26. The fraction of sp³-hybridized carbons (Fsp3) is 0.571. The second-order valence-electron chi connectivity index (χ2n) is 4.78. The lowest BCUT2D eigenvalue weighted by atomic mass is 10.2. The van der Waals surface area contributed by atoms with Gasteiger partial charge in [0, 0.05) is 38.6 Å². The number of carbonyl (C=O) groups is 1. The van der Waals surface area contributed by atoms with E-state index >= 15 is 0 Å². The quantitative estimate of drug-likeness (QED) is 0.705. The summed E-state index contributed by atoms with van der Waals surface area (Å²) in [6, 6.07) is 4.34. The third-order valence-electron chi connectivity index (χ3n) is 3.17. The number of ether oxygens (including phenoxy) is 1. The highest BCUT2D eigenvalue weighted by molar-refractivity contribution is 5.78. The van der Waals surface area contributed by atoms with E-state index in [0.717, 1.165) is 18.4 Å². The molecule has 0 unspecified atom stereocenters. The van der Waals surface area contributed by atoms with Gasteiger partial charge in [-0.05, 0) is 30.5 Å². The molecule has 0 bridgehead atoms. The fourth-order valence-corrected chi connectivity index (χ4v) is 1.96. The van der Waals surface area contributed by atoms with Crippen molar-refractivity contribution in [3.05, 3.63) is 30.1 Å². The first-order valence-corrected chi connectivity index (χ1v) is 6.69. The van der Waals surface area contributed by atoms with Crippen molar-refractivity contribution in [1.82, 2.24) is 15.2 Å². The van der Waals surface area contributed by atoms with E-state index in [1.54, 1.807) is 19.5 Å². The highest BCUT2D eigenvalue weighted by atomic mass is 16.5. The first-order chi connectivity index (χ1) is 9.31. The molecule has 1 aliphatic carbocycles. The van der Waals surface area contributed by atoms with Crippen LogP contribution in [0, 0.1) is 0 Å². The maximum Gasteiger partial charge on any atom is 0.237 e. The van der Waals surface area contributed by atoms with Gasteiger partial charge in [0.25, 0.3) is 0 Å². The number of rotatable bonds is 8. The van der Waals surface area contributed by atoms with E-state index < -0.39 is 0 Å². The van der Waals surface area contributed by atoms with Crippen LogP contribution in [0.1, 0.15) is 18.4 Å². The second kappa shape index (κ2) is 7.21. The summed E-state index contributed by atoms with van der Waals surface area (Å²) >= 11 is 0. The Hall–Kier alpha value is -1.46. The number of aromatic nitrogens is 1. The third kappa shape index (κ3) is 4.61. The van der Waals surface area contributed by atoms with E-state index in [2.05, 4.69) is 10.3 Å². The molecular formula is C14H21N3O2. The number of methoxy groups -OCH3 is 1. The van der Waals surface area contributed by atoms with Crippen LogP contribution in [0.25, 0.3) is 0 Å². The van der Waals surface area contributed by atoms with Crippen molar-refractivity contribution in [2.75, 3.05) is 26.8 Å². The number of amides is 1. The second-order valence-corrected chi connectivity index (χ2v) is 4.78. The molecule has 19 heavy (non-hydrogen) atoms. The maximum atomic E-state index is 12.2. The number of carbonyl (C=O) groups excluding carboxylic acids is 1. The number of nitrogens with one attached hydrogen (secondary N) is 1. The van der Waals surface area contributed by atoms with Gasteiger partial charge < -0.3 is 15.0 Å². The zero-order valence-electron chi connectivity index (χ0n) is 11.3. The molecule has 1 fully saturated rings. The van der Waals surface area contributed by atoms with Gasteiger partial charge in [-0.15, -0.1) is 0 Å². The van der Waals surface area contributed by atoms with Gasteiger partial charge in [0.1, 0.15) is 0 Å². The Balaban J connectivity index is 1.83. The van der Waals surface area contributed by atoms with Gasteiger partial charge in [0.05, 0.1) is 13.2 Å². The minimum absolute atomic E-state index is 0.162. The number of hydrogen-bond acceptors (Lipinski definition) is 4. The predicted molar refractivity (Wildman–Crippen MR) is 72.6 cm³/mol. The topological polar surface area (TPSA) is 54.5 Å². The summed E-state index contributed by atoms with van der Waals surface area (Å²) in [6.07, 6.45) is 5.77. The summed E-state index contributed by atoms with van der Waals surface area (Å²) in [5.74, 6) is 0.162. The Bertz CT molecular complexity index is 393. The van der Waals surface area contributed by atoms with E-state index in [9.17, 15) is 4.79 Å². The lowest BCUT2D eigenvalue weighted by molar-refractivity contribution is -0.131. The van der Waals surface area contributed by atoms with Crippen LogP contribution in [0.5, 0.6) is 0 Å². The van der Waals surface area contributed by atoms with Gasteiger partial charge in [0.15, 0.2) is 0 Å². The molecule has 0 spiro atoms. The highest BCUT2D eigenvalue weighted by Gasteiger charge is 2.32. The Morgan fingerprint density at radius 3 is 2.84 bits per heavy atom. The average molecular weight is 263 g/mol. The molecule has 1 aromatic rings. The summed E-state index contributed by atoms with van der Waals surface area (Å²) in [6.45, 7) is 2.39. The number of pyridine rings is 1. The summed E-state index contributed by atoms with van der Waals surface area (Å²) in [7, 11) is 1.66. The summed E-state index contributed by atoms with van der Waals surface area (Å²) in [5.41, 5.74) is 1.13. The maximum absolute atomic E-state index is 12.2. The van der Waals surface area contributed by atoms with E-state index in [0.29, 0.717) is 32.3 Å². The number of hydrogen-bond donors (Lipinski definition) is 1. The van der Waals surface area contributed by atoms with Gasteiger partial charge in [-0.2, -0.15) is 0 Å². The highest BCUT2D eigenvalue weighted by Crippen LogP contribution is 2.28. The third-order valence-corrected chi connectivity index (χ3v) is 3.17. The van der Waals surface area contributed by atoms with Crippen LogP contribution in [0.4, 0.5) is 0 Å². The van der Waals surface area contributed by atoms with Crippen LogP contribution in [0.2, 0.25) is 0 Å². The number of nitrogens with zero attached hydrogens (tertiary/aromatic N) is 2. The predicted octanol–water partition coefficient (Wildman–Crippen LogP) is 0.809. The first kappa shape index (κ1) is 14.0. The Kier molecular flexibility index (Phi) is 5.30. The van der Waals surface area contributed by atoms with Gasteiger partial charge in [0.2, 0.25) is 5.91 Å². The van der Waals surface area contributed by atoms with Gasteiger partial charge in [-0.25, -0.2) is 0 Å². The molecule has 2 rings (SSSR count). The smallest absolute Gasteiger partial charge is 0.237 e. The summed E-state index contributed by atoms with van der Waals surface area (Å²) in [5, 5.41) is 3.11. The molecule has 1 N–H and O–H groups in total. The monoisotopic (exact) mass is 263 g/mol. The molecule has 1 heterocycles. The SMILES string of the molecule is COCCNCC(=O)N(Cc1ccncc1)C1CC1. The van der Waals surface area contributed by atoms with Crippen LogP contribution < -0.4 is 5.32 Å². The van der Waals surface area contributed by atoms with Crippen molar-refractivity contribution in [1.29, 1.82) is 0 Å². The van der Waals surface area contributed by atoms with Crippen molar-refractivity contribution < 1.29 is 9.53 Å². The van der Waals surface area contributed by atoms with Crippen molar-refractivity contribution >= 4 is 5.91 Å². The van der Waals surface area contributed by atoms with Gasteiger partial charge >= 0.3 is 0 Å². The molecule has 1 amide bonds. The summed E-state index contributed by atoms with van der Waals surface area (Å²) < 4.78 is 4.95. The Labute approximate surface area is 114 Å². The van der Waals surface area contributed by atoms with Crippen molar-refractivity contribution in [2.45, 2.75) is 25.4 Å². The Morgan fingerprint density at radius 2 is 2.21 bits per heavy atom. The van der Waals surface area contributed by atoms with Crippen LogP contribution in [-0.2, 0) is 16.1 Å². The zero-order chi connectivity index (χ0) is 13.5. The van der Waals surface area contributed by atoms with Crippen molar-refractivity contribution in [3.8, 4) is 0 Å². The van der Waals surface area contributed by atoms with Crippen LogP contribution in [-0.4, -0.2) is 48.6 Å². The van der Waals surface area contributed by atoms with Crippen LogP contribution in [0.15, 0.2) is 24.5 Å². The minimum atomic E-state index is 0.162. The summed E-state index contributed by atoms with van der Waals surface area (Å²) in [4.78, 5) is 18.2. The van der Waals surface area contributed by atoms with Gasteiger partial charge in [-0.3, -0.25) is 9.78 Å². The fourth-order valence-electron chi connectivity index (χ4n) is 1.96. The van der Waals surface area contributed by atoms with Crippen LogP contribution in [0.3, 0.4) is 0 Å². The molecule has 1 saturated carbocycles. The lowest BCUT2D eigenvalue weighted by Crippen LogP contribution is -2.40. The zero-order valence-corrected chi connectivity index (χ0v) is 11.3. The molecule has 0 atom stereocenters. The molecule has 0 aliphatic heterocycles. The largest absolute Gasteiger partial charge is 0.383 e. The molecule has 0 radical (unpaired) electrons. The van der Waals surface area contributed by atoms with E-state index in [4.69, 9.17) is 4.74 Å². The normalized spacial score (nSPS) is 14.4. The van der Waals surface area contributed by atoms with E-state index in [1.165, 1.54) is 0 Å². The molecule has 5 nitrogen and oxygen atoms in total. The van der Waals surface area contributed by atoms with Crippen molar-refractivity contribution in [3.63, 3.8) is 0 Å². The van der Waals surface area contributed by atoms with E-state index in [1.807, 2.05) is 17.0 Å². The standard InChI is InChI=1S/C14H21N3O2/c1-19-9-8-16-10-14(18)17(13-2-3-13)11-12-4-6-15-7-5-12/h4-7,13,16H,2-3,8-11H2,1H3. The molecule has 1 aliphatic rings. The molecule has 0 saturated heterocycles. The molecule has 0 aromatic carbocycles. The molecule has 1 aromatic heterocycles. The van der Waals surface area contributed by atoms with Crippen molar-refractivity contribution in [2.24, 2.45) is 0 Å². The first-order valence-electron chi connectivity index (χ1n) is 6.69. The van der Waals surface area contributed by atoms with Gasteiger partial charge in [-0.1, -0.05) is 0 Å². The molecule has 5 heteroatoms. The molecular weight excluding hydrogens is 242 g/mol. The minimum Gasteiger partial charge on any atom is -0.383 e.